The Hall–Kier alpha value is -3.39. The predicted molar refractivity (Wildman–Crippen MR) is 140 cm³/mol. The first-order chi connectivity index (χ1) is 17.1. The van der Waals surface area contributed by atoms with E-state index < -0.39 is 0 Å². The van der Waals surface area contributed by atoms with Crippen molar-refractivity contribution in [3.63, 3.8) is 0 Å². The van der Waals surface area contributed by atoms with Gasteiger partial charge in [-0.05, 0) is 92.2 Å². The number of benzene rings is 2. The lowest BCUT2D eigenvalue weighted by atomic mass is 10.0. The summed E-state index contributed by atoms with van der Waals surface area (Å²) in [5.74, 6) is 0.485. The van der Waals surface area contributed by atoms with Crippen LogP contribution in [0.1, 0.15) is 74.7 Å². The SMILES string of the molecule is CCCC(c1nnnn1C(C)(C)C)N(Cc1ccc(F)cc1)Cc1cc2cc(C)cc(C)c2[nH]c1=O. The van der Waals surface area contributed by atoms with E-state index in [2.05, 4.69) is 72.2 Å². The van der Waals surface area contributed by atoms with Crippen molar-refractivity contribution in [1.29, 1.82) is 0 Å². The van der Waals surface area contributed by atoms with Gasteiger partial charge in [0.05, 0.1) is 17.1 Å². The molecule has 190 valence electrons. The van der Waals surface area contributed by atoms with E-state index in [-0.39, 0.29) is 23.0 Å². The van der Waals surface area contributed by atoms with Crippen LogP contribution in [0.2, 0.25) is 0 Å². The topological polar surface area (TPSA) is 79.7 Å². The molecule has 4 rings (SSSR count). The van der Waals surface area contributed by atoms with Gasteiger partial charge in [-0.25, -0.2) is 9.07 Å². The molecule has 8 heteroatoms. The molecule has 36 heavy (non-hydrogen) atoms. The quantitative estimate of drug-likeness (QED) is 0.349. The smallest absolute Gasteiger partial charge is 0.252 e. The highest BCUT2D eigenvalue weighted by atomic mass is 19.1. The largest absolute Gasteiger partial charge is 0.321 e. The van der Waals surface area contributed by atoms with Crippen LogP contribution in [0.4, 0.5) is 4.39 Å². The van der Waals surface area contributed by atoms with E-state index >= 15 is 0 Å². The van der Waals surface area contributed by atoms with Gasteiger partial charge in [0.2, 0.25) is 0 Å². The first-order valence-corrected chi connectivity index (χ1v) is 12.5. The van der Waals surface area contributed by atoms with Crippen LogP contribution in [0.15, 0.2) is 47.3 Å². The zero-order chi connectivity index (χ0) is 26.0. The number of halogens is 1. The molecule has 2 aromatic carbocycles. The highest BCUT2D eigenvalue weighted by molar-refractivity contribution is 5.82. The van der Waals surface area contributed by atoms with Crippen LogP contribution in [0.3, 0.4) is 0 Å². The number of nitrogens with one attached hydrogen (secondary N) is 1. The van der Waals surface area contributed by atoms with E-state index in [1.54, 1.807) is 12.1 Å². The molecule has 0 spiro atoms. The summed E-state index contributed by atoms with van der Waals surface area (Å²) in [5.41, 5.74) is 4.27. The summed E-state index contributed by atoms with van der Waals surface area (Å²) in [6.45, 7) is 13.3. The molecule has 1 N–H and O–H groups in total. The number of hydrogen-bond donors (Lipinski definition) is 1. The monoisotopic (exact) mass is 490 g/mol. The Morgan fingerprint density at radius 3 is 2.47 bits per heavy atom. The minimum Gasteiger partial charge on any atom is -0.321 e. The normalized spacial score (nSPS) is 13.0. The zero-order valence-electron chi connectivity index (χ0n) is 22.0. The molecule has 0 radical (unpaired) electrons. The number of aryl methyl sites for hydroxylation is 2. The molecule has 1 atom stereocenters. The van der Waals surface area contributed by atoms with Crippen molar-refractivity contribution >= 4 is 10.9 Å². The van der Waals surface area contributed by atoms with Gasteiger partial charge >= 0.3 is 0 Å². The van der Waals surface area contributed by atoms with Crippen molar-refractivity contribution in [1.82, 2.24) is 30.1 Å². The third-order valence-electron chi connectivity index (χ3n) is 6.47. The fourth-order valence-corrected chi connectivity index (χ4v) is 4.80. The fourth-order valence-electron chi connectivity index (χ4n) is 4.80. The molecule has 0 aliphatic carbocycles. The standard InChI is InChI=1S/C28H35FN6O/c1-7-8-24(26-31-32-33-35(26)28(4,5)6)34(16-20-9-11-23(29)12-10-20)17-22-15-21-14-18(2)13-19(3)25(21)30-27(22)36/h9-15,24H,7-8,16-17H2,1-6H3,(H,30,36). The number of fused-ring (bicyclic) bond motifs is 1. The molecule has 0 saturated carbocycles. The van der Waals surface area contributed by atoms with Crippen LogP contribution in [-0.4, -0.2) is 30.1 Å². The van der Waals surface area contributed by atoms with Crippen LogP contribution in [0.5, 0.6) is 0 Å². The van der Waals surface area contributed by atoms with Crippen molar-refractivity contribution in [3.05, 3.63) is 86.7 Å². The maximum Gasteiger partial charge on any atom is 0.252 e. The van der Waals surface area contributed by atoms with E-state index in [0.717, 1.165) is 46.3 Å². The number of aromatic nitrogens is 5. The first kappa shape index (κ1) is 25.7. The Balaban J connectivity index is 1.81. The molecule has 0 saturated heterocycles. The number of hydrogen-bond acceptors (Lipinski definition) is 5. The van der Waals surface area contributed by atoms with Gasteiger partial charge < -0.3 is 4.98 Å². The second-order valence-corrected chi connectivity index (χ2v) is 10.6. The number of H-pyrrole nitrogens is 1. The Labute approximate surface area is 211 Å². The Kier molecular flexibility index (Phi) is 7.36. The van der Waals surface area contributed by atoms with Gasteiger partial charge in [-0.15, -0.1) is 5.10 Å². The maximum absolute atomic E-state index is 13.6. The van der Waals surface area contributed by atoms with E-state index in [4.69, 9.17) is 0 Å². The van der Waals surface area contributed by atoms with E-state index in [9.17, 15) is 9.18 Å². The van der Waals surface area contributed by atoms with Gasteiger partial charge in [0.25, 0.3) is 5.56 Å². The summed E-state index contributed by atoms with van der Waals surface area (Å²) in [6.07, 6.45) is 1.72. The van der Waals surface area contributed by atoms with Gasteiger partial charge in [0.1, 0.15) is 5.82 Å². The van der Waals surface area contributed by atoms with Crippen molar-refractivity contribution in [2.24, 2.45) is 0 Å². The van der Waals surface area contributed by atoms with Crippen LogP contribution in [-0.2, 0) is 18.6 Å². The average Bonchev–Trinajstić information content (AvgIpc) is 3.30. The molecular formula is C28H35FN6O. The van der Waals surface area contributed by atoms with Crippen LogP contribution < -0.4 is 5.56 Å². The molecule has 0 bridgehead atoms. The molecule has 0 fully saturated rings. The summed E-state index contributed by atoms with van der Waals surface area (Å²) in [4.78, 5) is 18.5. The van der Waals surface area contributed by atoms with Gasteiger partial charge in [0, 0.05) is 18.7 Å². The number of rotatable bonds is 8. The fraction of sp³-hybridized carbons (Fsp3) is 0.429. The van der Waals surface area contributed by atoms with Crippen LogP contribution >= 0.6 is 0 Å². The molecule has 1 unspecified atom stereocenters. The number of pyridine rings is 1. The van der Waals surface area contributed by atoms with Gasteiger partial charge in [-0.1, -0.05) is 37.1 Å². The third kappa shape index (κ3) is 5.54. The van der Waals surface area contributed by atoms with Crippen LogP contribution in [0.25, 0.3) is 10.9 Å². The van der Waals surface area contributed by atoms with E-state index in [1.165, 1.54) is 12.1 Å². The summed E-state index contributed by atoms with van der Waals surface area (Å²) < 4.78 is 15.5. The zero-order valence-corrected chi connectivity index (χ0v) is 22.0. The third-order valence-corrected chi connectivity index (χ3v) is 6.47. The lowest BCUT2D eigenvalue weighted by Crippen LogP contribution is -2.35. The Morgan fingerprint density at radius 1 is 1.08 bits per heavy atom. The van der Waals surface area contributed by atoms with Crippen molar-refractivity contribution in [3.8, 4) is 0 Å². The summed E-state index contributed by atoms with van der Waals surface area (Å²) in [5, 5.41) is 13.7. The second kappa shape index (κ2) is 10.3. The highest BCUT2D eigenvalue weighted by Gasteiger charge is 2.30. The van der Waals surface area contributed by atoms with Crippen LogP contribution in [0, 0.1) is 19.7 Å². The van der Waals surface area contributed by atoms with Gasteiger partial charge in [-0.2, -0.15) is 0 Å². The minimum absolute atomic E-state index is 0.107. The maximum atomic E-state index is 13.6. The summed E-state index contributed by atoms with van der Waals surface area (Å²) >= 11 is 0. The molecule has 4 aromatic rings. The second-order valence-electron chi connectivity index (χ2n) is 10.6. The molecule has 0 aliphatic rings. The van der Waals surface area contributed by atoms with Crippen molar-refractivity contribution < 1.29 is 4.39 Å². The Morgan fingerprint density at radius 2 is 1.81 bits per heavy atom. The lowest BCUT2D eigenvalue weighted by Gasteiger charge is -2.33. The van der Waals surface area contributed by atoms with E-state index in [0.29, 0.717) is 18.7 Å². The predicted octanol–water partition coefficient (Wildman–Crippen LogP) is 5.57. The van der Waals surface area contributed by atoms with E-state index in [1.807, 2.05) is 17.7 Å². The summed E-state index contributed by atoms with van der Waals surface area (Å²) in [6, 6.07) is 12.5. The highest BCUT2D eigenvalue weighted by Crippen LogP contribution is 2.30. The number of nitrogens with zero attached hydrogens (tertiary/aromatic N) is 5. The molecule has 2 aromatic heterocycles. The average molecular weight is 491 g/mol. The molecule has 0 amide bonds. The molecule has 0 aliphatic heterocycles. The summed E-state index contributed by atoms with van der Waals surface area (Å²) in [7, 11) is 0. The number of aromatic amines is 1. The van der Waals surface area contributed by atoms with Gasteiger partial charge in [-0.3, -0.25) is 9.69 Å². The van der Waals surface area contributed by atoms with Crippen molar-refractivity contribution in [2.45, 2.75) is 79.1 Å². The molecule has 2 heterocycles. The van der Waals surface area contributed by atoms with Crippen molar-refractivity contribution in [2.75, 3.05) is 0 Å². The molecular weight excluding hydrogens is 455 g/mol. The first-order valence-electron chi connectivity index (χ1n) is 12.5. The minimum atomic E-state index is -0.304. The molecule has 7 nitrogen and oxygen atoms in total. The number of tetrazole rings is 1. The van der Waals surface area contributed by atoms with Gasteiger partial charge in [0.15, 0.2) is 5.82 Å². The lowest BCUT2D eigenvalue weighted by molar-refractivity contribution is 0.148. The Bertz CT molecular complexity index is 1400.